The Morgan fingerprint density at radius 2 is 1.84 bits per heavy atom. The molecule has 98 valence electrons. The fourth-order valence-corrected chi connectivity index (χ4v) is 2.36. The zero-order valence-electron chi connectivity index (χ0n) is 10.5. The van der Waals surface area contributed by atoms with E-state index in [4.69, 9.17) is 11.6 Å². The highest BCUT2D eigenvalue weighted by Gasteiger charge is 2.20. The summed E-state index contributed by atoms with van der Waals surface area (Å²) < 4.78 is 13.0. The number of hydrogen-bond acceptors (Lipinski definition) is 1. The summed E-state index contributed by atoms with van der Waals surface area (Å²) in [6.45, 7) is 0.804. The third-order valence-electron chi connectivity index (χ3n) is 3.38. The molecule has 19 heavy (non-hydrogen) atoms. The third-order valence-corrected chi connectivity index (χ3v) is 3.62. The molecule has 3 heteroatoms. The van der Waals surface area contributed by atoms with Gasteiger partial charge in [-0.15, -0.1) is 0 Å². The molecule has 3 rings (SSSR count). The Morgan fingerprint density at radius 1 is 1.11 bits per heavy atom. The summed E-state index contributed by atoms with van der Waals surface area (Å²) in [5.74, 6) is -0.213. The molecular weight excluding hydrogens is 261 g/mol. The minimum absolute atomic E-state index is 0.213. The molecule has 1 aliphatic carbocycles. The SMILES string of the molecule is Fc1ccc(-c2ccc(Cl)cc2CNC2CC2)cc1. The summed E-state index contributed by atoms with van der Waals surface area (Å²) in [7, 11) is 0. The molecule has 0 spiro atoms. The predicted octanol–water partition coefficient (Wildman–Crippen LogP) is 4.40. The van der Waals surface area contributed by atoms with Gasteiger partial charge >= 0.3 is 0 Å². The summed E-state index contributed by atoms with van der Waals surface area (Å²) in [6, 6.07) is 13.1. The average Bonchev–Trinajstić information content (AvgIpc) is 3.22. The molecular formula is C16H15ClFN. The van der Waals surface area contributed by atoms with Crippen LogP contribution in [0.25, 0.3) is 11.1 Å². The first-order valence-corrected chi connectivity index (χ1v) is 6.88. The van der Waals surface area contributed by atoms with Crippen LogP contribution in [0, 0.1) is 5.82 Å². The summed E-state index contributed by atoms with van der Waals surface area (Å²) in [5.41, 5.74) is 3.29. The minimum atomic E-state index is -0.213. The van der Waals surface area contributed by atoms with E-state index in [9.17, 15) is 4.39 Å². The van der Waals surface area contributed by atoms with Crippen LogP contribution in [0.5, 0.6) is 0 Å². The van der Waals surface area contributed by atoms with Gasteiger partial charge < -0.3 is 5.32 Å². The molecule has 0 aliphatic heterocycles. The van der Waals surface area contributed by atoms with Crippen molar-refractivity contribution < 1.29 is 4.39 Å². The van der Waals surface area contributed by atoms with E-state index in [0.717, 1.165) is 28.3 Å². The maximum absolute atomic E-state index is 13.0. The Morgan fingerprint density at radius 3 is 2.53 bits per heavy atom. The van der Waals surface area contributed by atoms with Crippen LogP contribution in [0.2, 0.25) is 5.02 Å². The summed E-state index contributed by atoms with van der Waals surface area (Å²) in [5, 5.41) is 4.22. The Balaban J connectivity index is 1.91. The normalized spacial score (nSPS) is 14.6. The summed E-state index contributed by atoms with van der Waals surface area (Å²) in [6.07, 6.45) is 2.51. The van der Waals surface area contributed by atoms with Gasteiger partial charge in [0.2, 0.25) is 0 Å². The van der Waals surface area contributed by atoms with E-state index in [0.29, 0.717) is 6.04 Å². The van der Waals surface area contributed by atoms with Crippen molar-refractivity contribution in [1.82, 2.24) is 5.32 Å². The van der Waals surface area contributed by atoms with Crippen LogP contribution in [0.1, 0.15) is 18.4 Å². The zero-order chi connectivity index (χ0) is 13.2. The number of hydrogen-bond donors (Lipinski definition) is 1. The van der Waals surface area contributed by atoms with Gasteiger partial charge in [-0.2, -0.15) is 0 Å². The van der Waals surface area contributed by atoms with E-state index in [-0.39, 0.29) is 5.82 Å². The molecule has 0 bridgehead atoms. The molecule has 0 heterocycles. The first-order chi connectivity index (χ1) is 9.22. The molecule has 0 radical (unpaired) electrons. The van der Waals surface area contributed by atoms with Crippen LogP contribution in [-0.4, -0.2) is 6.04 Å². The maximum atomic E-state index is 13.0. The second-order valence-electron chi connectivity index (χ2n) is 4.96. The molecule has 1 saturated carbocycles. The molecule has 2 aromatic carbocycles. The largest absolute Gasteiger partial charge is 0.310 e. The van der Waals surface area contributed by atoms with Crippen molar-refractivity contribution in [2.24, 2.45) is 0 Å². The monoisotopic (exact) mass is 275 g/mol. The molecule has 0 aromatic heterocycles. The second-order valence-corrected chi connectivity index (χ2v) is 5.40. The average molecular weight is 276 g/mol. The topological polar surface area (TPSA) is 12.0 Å². The van der Waals surface area contributed by atoms with Gasteiger partial charge in [0, 0.05) is 17.6 Å². The molecule has 1 aliphatic rings. The standard InChI is InChI=1S/C16H15ClFN/c17-13-3-8-16(11-1-4-14(18)5-2-11)12(9-13)10-19-15-6-7-15/h1-5,8-9,15,19H,6-7,10H2. The highest BCUT2D eigenvalue weighted by atomic mass is 35.5. The molecule has 0 amide bonds. The Kier molecular flexibility index (Phi) is 3.54. The van der Waals surface area contributed by atoms with Crippen molar-refractivity contribution in [3.05, 3.63) is 58.9 Å². The number of rotatable bonds is 4. The first-order valence-electron chi connectivity index (χ1n) is 6.50. The van der Waals surface area contributed by atoms with Gasteiger partial charge in [0.25, 0.3) is 0 Å². The predicted molar refractivity (Wildman–Crippen MR) is 76.7 cm³/mol. The lowest BCUT2D eigenvalue weighted by Crippen LogP contribution is -2.15. The van der Waals surface area contributed by atoms with Crippen LogP contribution in [0.3, 0.4) is 0 Å². The van der Waals surface area contributed by atoms with Gasteiger partial charge in [-0.1, -0.05) is 29.8 Å². The molecule has 1 fully saturated rings. The third kappa shape index (κ3) is 3.14. The van der Waals surface area contributed by atoms with E-state index >= 15 is 0 Å². The lowest BCUT2D eigenvalue weighted by Gasteiger charge is -2.11. The van der Waals surface area contributed by atoms with Crippen molar-refractivity contribution in [2.45, 2.75) is 25.4 Å². The van der Waals surface area contributed by atoms with Crippen molar-refractivity contribution in [2.75, 3.05) is 0 Å². The van der Waals surface area contributed by atoms with E-state index in [2.05, 4.69) is 5.32 Å². The van der Waals surface area contributed by atoms with E-state index in [1.165, 1.54) is 25.0 Å². The van der Waals surface area contributed by atoms with Crippen LogP contribution in [0.15, 0.2) is 42.5 Å². The van der Waals surface area contributed by atoms with Crippen molar-refractivity contribution in [3.63, 3.8) is 0 Å². The Labute approximate surface area is 117 Å². The van der Waals surface area contributed by atoms with E-state index in [1.54, 1.807) is 12.1 Å². The molecule has 1 nitrogen and oxygen atoms in total. The number of nitrogens with one attached hydrogen (secondary N) is 1. The number of benzene rings is 2. The van der Waals surface area contributed by atoms with Crippen LogP contribution < -0.4 is 5.32 Å². The quantitative estimate of drug-likeness (QED) is 0.872. The van der Waals surface area contributed by atoms with Gasteiger partial charge in [0.05, 0.1) is 0 Å². The van der Waals surface area contributed by atoms with Crippen LogP contribution in [-0.2, 0) is 6.54 Å². The summed E-state index contributed by atoms with van der Waals surface area (Å²) >= 11 is 6.07. The van der Waals surface area contributed by atoms with E-state index < -0.39 is 0 Å². The van der Waals surface area contributed by atoms with Crippen LogP contribution >= 0.6 is 11.6 Å². The van der Waals surface area contributed by atoms with Gasteiger partial charge in [0.1, 0.15) is 5.82 Å². The Bertz CT molecular complexity index is 576. The minimum Gasteiger partial charge on any atom is -0.310 e. The Hall–Kier alpha value is -1.38. The zero-order valence-corrected chi connectivity index (χ0v) is 11.3. The van der Waals surface area contributed by atoms with Gasteiger partial charge in [-0.25, -0.2) is 4.39 Å². The van der Waals surface area contributed by atoms with Crippen molar-refractivity contribution >= 4 is 11.6 Å². The highest BCUT2D eigenvalue weighted by Crippen LogP contribution is 2.28. The first kappa shape index (κ1) is 12.6. The highest BCUT2D eigenvalue weighted by molar-refractivity contribution is 6.30. The lowest BCUT2D eigenvalue weighted by atomic mass is 9.99. The fourth-order valence-electron chi connectivity index (χ4n) is 2.16. The van der Waals surface area contributed by atoms with Crippen molar-refractivity contribution in [3.8, 4) is 11.1 Å². The molecule has 0 saturated heterocycles. The maximum Gasteiger partial charge on any atom is 0.123 e. The van der Waals surface area contributed by atoms with E-state index in [1.807, 2.05) is 18.2 Å². The second kappa shape index (κ2) is 5.32. The summed E-state index contributed by atoms with van der Waals surface area (Å²) in [4.78, 5) is 0. The van der Waals surface area contributed by atoms with Gasteiger partial charge in [-0.3, -0.25) is 0 Å². The lowest BCUT2D eigenvalue weighted by molar-refractivity contribution is 0.628. The number of halogens is 2. The molecule has 0 unspecified atom stereocenters. The molecule has 0 atom stereocenters. The van der Waals surface area contributed by atoms with Gasteiger partial charge in [-0.05, 0) is 53.8 Å². The molecule has 2 aromatic rings. The van der Waals surface area contributed by atoms with Gasteiger partial charge in [0.15, 0.2) is 0 Å². The fraction of sp³-hybridized carbons (Fsp3) is 0.250. The molecule has 1 N–H and O–H groups in total. The van der Waals surface area contributed by atoms with Crippen LogP contribution in [0.4, 0.5) is 4.39 Å². The smallest absolute Gasteiger partial charge is 0.123 e. The van der Waals surface area contributed by atoms with Crippen molar-refractivity contribution in [1.29, 1.82) is 0 Å².